The molecule has 0 radical (unpaired) electrons. The van der Waals surface area contributed by atoms with Gasteiger partial charge in [0.15, 0.2) is 0 Å². The van der Waals surface area contributed by atoms with Gasteiger partial charge in [0.1, 0.15) is 6.61 Å². The Balaban J connectivity index is 0.00000128. The van der Waals surface area contributed by atoms with E-state index in [1.54, 1.807) is 0 Å². The average molecular weight is 322 g/mol. The second kappa shape index (κ2) is 8.81. The van der Waals surface area contributed by atoms with Crippen LogP contribution in [0, 0.1) is 6.07 Å². The molecule has 1 nitrogen and oxygen atoms in total. The molecular weight excluding hydrogens is 312 g/mol. The third kappa shape index (κ3) is 5.30. The maximum atomic E-state index is 6.00. The molecular formula is C13H10BrClMgO. The van der Waals surface area contributed by atoms with Crippen LogP contribution in [0.2, 0.25) is 5.02 Å². The minimum atomic E-state index is 0. The van der Waals surface area contributed by atoms with Crippen molar-refractivity contribution in [3.63, 3.8) is 0 Å². The normalized spacial score (nSPS) is 8.76. The number of ether oxygens (including phenoxy) is 1. The molecule has 0 aromatic heterocycles. The van der Waals surface area contributed by atoms with Crippen LogP contribution in [0.5, 0.6) is 5.75 Å². The fraction of sp³-hybridized carbons (Fsp3) is 0.0769. The van der Waals surface area contributed by atoms with Crippen LogP contribution in [0.25, 0.3) is 0 Å². The summed E-state index contributed by atoms with van der Waals surface area (Å²) in [6.45, 7) is 0.490. The standard InChI is InChI=1S/C13H10ClO.BrH.Mg/c14-13-9-5-4-6-11(13)10-15-12-7-2-1-3-8-12;;/h2-9H,10H2;1H;/q-1;;+2/p-1. The quantitative estimate of drug-likeness (QED) is 0.585. The summed E-state index contributed by atoms with van der Waals surface area (Å²) in [5.74, 6) is 0.827. The van der Waals surface area contributed by atoms with Crippen molar-refractivity contribution in [2.45, 2.75) is 6.61 Å². The van der Waals surface area contributed by atoms with E-state index in [9.17, 15) is 0 Å². The zero-order valence-corrected chi connectivity index (χ0v) is 13.0. The van der Waals surface area contributed by atoms with E-state index in [-0.39, 0.29) is 40.0 Å². The van der Waals surface area contributed by atoms with Gasteiger partial charge < -0.3 is 21.7 Å². The van der Waals surface area contributed by atoms with Crippen molar-refractivity contribution in [1.29, 1.82) is 0 Å². The molecule has 0 saturated heterocycles. The van der Waals surface area contributed by atoms with Gasteiger partial charge in [0.25, 0.3) is 0 Å². The van der Waals surface area contributed by atoms with Crippen molar-refractivity contribution >= 4 is 34.7 Å². The van der Waals surface area contributed by atoms with Gasteiger partial charge in [0.2, 0.25) is 0 Å². The third-order valence-corrected chi connectivity index (χ3v) is 2.41. The monoisotopic (exact) mass is 320 g/mol. The fourth-order valence-electron chi connectivity index (χ4n) is 1.24. The summed E-state index contributed by atoms with van der Waals surface area (Å²) in [6, 6.07) is 18.0. The summed E-state index contributed by atoms with van der Waals surface area (Å²) in [6.07, 6.45) is 0. The molecule has 0 fully saturated rings. The van der Waals surface area contributed by atoms with Gasteiger partial charge in [-0.05, 0) is 6.07 Å². The molecule has 2 rings (SSSR count). The number of benzene rings is 2. The van der Waals surface area contributed by atoms with E-state index in [1.165, 1.54) is 0 Å². The molecule has 84 valence electrons. The first-order chi connectivity index (χ1) is 7.36. The van der Waals surface area contributed by atoms with Crippen molar-refractivity contribution in [1.82, 2.24) is 0 Å². The molecule has 2 aromatic rings. The Hall–Kier alpha value is -0.224. The Bertz CT molecular complexity index is 436. The molecule has 0 heterocycles. The van der Waals surface area contributed by atoms with E-state index < -0.39 is 0 Å². The first-order valence-electron chi connectivity index (χ1n) is 4.68. The Morgan fingerprint density at radius 2 is 1.71 bits per heavy atom. The Morgan fingerprint density at radius 1 is 1.06 bits per heavy atom. The van der Waals surface area contributed by atoms with Gasteiger partial charge in [0, 0.05) is 16.3 Å². The molecule has 0 N–H and O–H groups in total. The summed E-state index contributed by atoms with van der Waals surface area (Å²) in [7, 11) is 0. The molecule has 0 amide bonds. The zero-order valence-electron chi connectivity index (χ0n) is 9.20. The second-order valence-corrected chi connectivity index (χ2v) is 3.52. The van der Waals surface area contributed by atoms with Crippen LogP contribution < -0.4 is 21.7 Å². The summed E-state index contributed by atoms with van der Waals surface area (Å²) in [5, 5.41) is 0.736. The van der Waals surface area contributed by atoms with E-state index in [1.807, 2.05) is 48.5 Å². The van der Waals surface area contributed by atoms with Gasteiger partial charge >= 0.3 is 23.1 Å². The van der Waals surface area contributed by atoms with Crippen LogP contribution in [0.4, 0.5) is 0 Å². The molecule has 0 spiro atoms. The third-order valence-electron chi connectivity index (χ3n) is 2.04. The van der Waals surface area contributed by atoms with Crippen molar-refractivity contribution in [2.24, 2.45) is 0 Å². The van der Waals surface area contributed by atoms with Crippen molar-refractivity contribution in [2.75, 3.05) is 0 Å². The van der Waals surface area contributed by atoms with Gasteiger partial charge in [-0.25, -0.2) is 0 Å². The molecule has 0 aliphatic rings. The molecule has 0 saturated carbocycles. The molecule has 0 atom stereocenters. The molecule has 0 unspecified atom stereocenters. The summed E-state index contributed by atoms with van der Waals surface area (Å²) >= 11 is 6.00. The van der Waals surface area contributed by atoms with Crippen LogP contribution in [0.1, 0.15) is 5.56 Å². The van der Waals surface area contributed by atoms with Crippen molar-refractivity contribution in [3.05, 3.63) is 65.2 Å². The zero-order chi connectivity index (χ0) is 10.5. The number of hydrogen-bond donors (Lipinski definition) is 0. The minimum Gasteiger partial charge on any atom is -1.00 e. The van der Waals surface area contributed by atoms with Gasteiger partial charge in [-0.1, -0.05) is 29.8 Å². The molecule has 17 heavy (non-hydrogen) atoms. The topological polar surface area (TPSA) is 9.23 Å². The number of rotatable bonds is 3. The van der Waals surface area contributed by atoms with Crippen LogP contribution in [0.15, 0.2) is 48.5 Å². The predicted octanol–water partition coefficient (Wildman–Crippen LogP) is 0.342. The first-order valence-corrected chi connectivity index (χ1v) is 5.06. The van der Waals surface area contributed by atoms with E-state index in [2.05, 4.69) is 6.07 Å². The molecule has 2 aromatic carbocycles. The van der Waals surface area contributed by atoms with Gasteiger partial charge in [-0.2, -0.15) is 18.2 Å². The minimum absolute atomic E-state index is 0. The molecule has 0 aliphatic heterocycles. The maximum Gasteiger partial charge on any atom is 2.00 e. The van der Waals surface area contributed by atoms with Gasteiger partial charge in [0.05, 0.1) is 0 Å². The fourth-order valence-corrected chi connectivity index (χ4v) is 1.43. The SMILES string of the molecule is Clc1ccccc1COc1cc[c-]cc1.[Br-].[Mg+2]. The number of halogens is 2. The number of hydrogen-bond acceptors (Lipinski definition) is 1. The second-order valence-electron chi connectivity index (χ2n) is 3.12. The van der Waals surface area contributed by atoms with Crippen molar-refractivity contribution < 1.29 is 21.7 Å². The van der Waals surface area contributed by atoms with Crippen LogP contribution in [-0.2, 0) is 6.61 Å². The smallest absolute Gasteiger partial charge is 1.00 e. The average Bonchev–Trinajstić information content (AvgIpc) is 2.29. The van der Waals surface area contributed by atoms with Crippen LogP contribution in [-0.4, -0.2) is 23.1 Å². The van der Waals surface area contributed by atoms with Crippen LogP contribution >= 0.6 is 11.6 Å². The van der Waals surface area contributed by atoms with E-state index in [4.69, 9.17) is 16.3 Å². The molecule has 0 bridgehead atoms. The Morgan fingerprint density at radius 3 is 2.35 bits per heavy atom. The maximum absolute atomic E-state index is 6.00. The Kier molecular flexibility index (Phi) is 8.69. The molecule has 4 heteroatoms. The summed E-state index contributed by atoms with van der Waals surface area (Å²) in [4.78, 5) is 0. The Labute approximate surface area is 133 Å². The summed E-state index contributed by atoms with van der Waals surface area (Å²) < 4.78 is 5.57. The largest absolute Gasteiger partial charge is 2.00 e. The van der Waals surface area contributed by atoms with Gasteiger partial charge in [-0.3, -0.25) is 0 Å². The van der Waals surface area contributed by atoms with E-state index >= 15 is 0 Å². The van der Waals surface area contributed by atoms with Crippen LogP contribution in [0.3, 0.4) is 0 Å². The first kappa shape index (κ1) is 16.8. The van der Waals surface area contributed by atoms with E-state index in [0.717, 1.165) is 16.3 Å². The predicted molar refractivity (Wildman–Crippen MR) is 66.8 cm³/mol. The van der Waals surface area contributed by atoms with E-state index in [0.29, 0.717) is 6.61 Å². The molecule has 0 aliphatic carbocycles. The summed E-state index contributed by atoms with van der Waals surface area (Å²) in [5.41, 5.74) is 0.993. The van der Waals surface area contributed by atoms with Gasteiger partial charge in [-0.15, -0.1) is 12.1 Å². The van der Waals surface area contributed by atoms with Crippen molar-refractivity contribution in [3.8, 4) is 5.75 Å².